The number of aryl methyl sites for hydroxylation is 2. The molecule has 2 N–H and O–H groups in total. The summed E-state index contributed by atoms with van der Waals surface area (Å²) in [6.07, 6.45) is 2.19. The third kappa shape index (κ3) is 5.30. The Morgan fingerprint density at radius 3 is 2.56 bits per heavy atom. The molecule has 0 spiro atoms. The van der Waals surface area contributed by atoms with E-state index in [1.807, 2.05) is 27.7 Å². The number of amides is 2. The Labute approximate surface area is 190 Å². The molecule has 1 aliphatic heterocycles. The van der Waals surface area contributed by atoms with Gasteiger partial charge < -0.3 is 10.2 Å². The van der Waals surface area contributed by atoms with Gasteiger partial charge in [0.1, 0.15) is 6.04 Å². The predicted molar refractivity (Wildman–Crippen MR) is 125 cm³/mol. The fraction of sp³-hybridized carbons (Fsp3) is 0.417. The summed E-state index contributed by atoms with van der Waals surface area (Å²) >= 11 is 0. The van der Waals surface area contributed by atoms with Crippen LogP contribution in [0.5, 0.6) is 0 Å². The van der Waals surface area contributed by atoms with E-state index in [2.05, 4.69) is 10.0 Å². The summed E-state index contributed by atoms with van der Waals surface area (Å²) in [6.45, 7) is 8.20. The first-order chi connectivity index (χ1) is 15.1. The molecular weight excluding hydrogens is 426 g/mol. The number of rotatable bonds is 7. The van der Waals surface area contributed by atoms with Gasteiger partial charge in [0.2, 0.25) is 5.91 Å². The molecule has 7 nitrogen and oxygen atoms in total. The maximum atomic E-state index is 13.2. The zero-order chi connectivity index (χ0) is 23.5. The largest absolute Gasteiger partial charge is 0.352 e. The van der Waals surface area contributed by atoms with Crippen molar-refractivity contribution < 1.29 is 18.0 Å². The monoisotopic (exact) mass is 457 g/mol. The lowest BCUT2D eigenvalue weighted by atomic mass is 10.1. The van der Waals surface area contributed by atoms with Crippen LogP contribution >= 0.6 is 0 Å². The van der Waals surface area contributed by atoms with Gasteiger partial charge in [-0.3, -0.25) is 14.3 Å². The number of carbonyl (C=O) groups is 2. The molecule has 32 heavy (non-hydrogen) atoms. The van der Waals surface area contributed by atoms with E-state index in [1.54, 1.807) is 41.3 Å². The molecule has 2 atom stereocenters. The Kier molecular flexibility index (Phi) is 7.23. The minimum Gasteiger partial charge on any atom is -0.352 e. The van der Waals surface area contributed by atoms with Gasteiger partial charge in [-0.2, -0.15) is 0 Å². The summed E-state index contributed by atoms with van der Waals surface area (Å²) in [5.41, 5.74) is 2.53. The summed E-state index contributed by atoms with van der Waals surface area (Å²) in [4.78, 5) is 27.5. The average molecular weight is 458 g/mol. The summed E-state index contributed by atoms with van der Waals surface area (Å²) in [7, 11) is -3.79. The summed E-state index contributed by atoms with van der Waals surface area (Å²) in [5.74, 6) is -0.421. The molecule has 1 aliphatic rings. The Morgan fingerprint density at radius 1 is 1.12 bits per heavy atom. The highest BCUT2D eigenvalue weighted by molar-refractivity contribution is 7.92. The van der Waals surface area contributed by atoms with Crippen molar-refractivity contribution in [1.29, 1.82) is 0 Å². The molecule has 1 fully saturated rings. The molecule has 0 bridgehead atoms. The molecule has 172 valence electrons. The normalized spacial score (nSPS) is 17.1. The highest BCUT2D eigenvalue weighted by Gasteiger charge is 2.35. The van der Waals surface area contributed by atoms with Gasteiger partial charge in [-0.15, -0.1) is 0 Å². The minimum absolute atomic E-state index is 0.0446. The van der Waals surface area contributed by atoms with E-state index in [4.69, 9.17) is 0 Å². The third-order valence-corrected chi connectivity index (χ3v) is 7.35. The lowest BCUT2D eigenvalue weighted by Gasteiger charge is -2.25. The van der Waals surface area contributed by atoms with Crippen molar-refractivity contribution in [2.75, 3.05) is 11.3 Å². The van der Waals surface area contributed by atoms with Gasteiger partial charge in [0.05, 0.1) is 4.90 Å². The van der Waals surface area contributed by atoms with Crippen molar-refractivity contribution in [2.24, 2.45) is 0 Å². The molecule has 8 heteroatoms. The molecule has 1 heterocycles. The number of hydrogen-bond donors (Lipinski definition) is 2. The Balaban J connectivity index is 1.78. The highest BCUT2D eigenvalue weighted by Crippen LogP contribution is 2.24. The van der Waals surface area contributed by atoms with Gasteiger partial charge in [-0.05, 0) is 81.5 Å². The molecule has 0 aromatic heterocycles. The van der Waals surface area contributed by atoms with Gasteiger partial charge in [0, 0.05) is 23.8 Å². The number of sulfonamides is 1. The van der Waals surface area contributed by atoms with Crippen molar-refractivity contribution in [3.05, 3.63) is 59.2 Å². The van der Waals surface area contributed by atoms with Crippen molar-refractivity contribution in [1.82, 2.24) is 10.2 Å². The van der Waals surface area contributed by atoms with Crippen molar-refractivity contribution in [3.8, 4) is 0 Å². The SMILES string of the molecule is CC[C@@H](C)NC(=O)[C@H]1CCCN1C(=O)c1cccc(NS(=O)(=O)c2ccc(C)c(C)c2)c1. The van der Waals surface area contributed by atoms with E-state index in [0.29, 0.717) is 24.2 Å². The molecule has 0 radical (unpaired) electrons. The van der Waals surface area contributed by atoms with Crippen molar-refractivity contribution in [2.45, 2.75) is 63.9 Å². The summed E-state index contributed by atoms with van der Waals surface area (Å²) < 4.78 is 28.2. The van der Waals surface area contributed by atoms with E-state index in [1.165, 1.54) is 6.07 Å². The van der Waals surface area contributed by atoms with Crippen LogP contribution in [0.25, 0.3) is 0 Å². The van der Waals surface area contributed by atoms with Crippen LogP contribution < -0.4 is 10.0 Å². The van der Waals surface area contributed by atoms with E-state index >= 15 is 0 Å². The maximum absolute atomic E-state index is 13.2. The van der Waals surface area contributed by atoms with Crippen LogP contribution in [-0.4, -0.2) is 43.8 Å². The minimum atomic E-state index is -3.79. The second-order valence-corrected chi connectivity index (χ2v) is 10.1. The molecule has 3 rings (SSSR count). The van der Waals surface area contributed by atoms with Crippen molar-refractivity contribution >= 4 is 27.5 Å². The standard InChI is InChI=1S/C24H31N3O4S/c1-5-18(4)25-23(28)22-10-7-13-27(22)24(29)19-8-6-9-20(15-19)26-32(30,31)21-12-11-16(2)17(3)14-21/h6,8-9,11-12,14-15,18,22,26H,5,7,10,13H2,1-4H3,(H,25,28)/t18-,22-/m1/s1. The Hall–Kier alpha value is -2.87. The number of likely N-dealkylation sites (tertiary alicyclic amines) is 1. The molecule has 2 aromatic carbocycles. The van der Waals surface area contributed by atoms with Crippen LogP contribution in [0.15, 0.2) is 47.4 Å². The van der Waals surface area contributed by atoms with Crippen LogP contribution in [0.2, 0.25) is 0 Å². The maximum Gasteiger partial charge on any atom is 0.261 e. The first-order valence-electron chi connectivity index (χ1n) is 10.9. The molecule has 1 saturated heterocycles. The lowest BCUT2D eigenvalue weighted by molar-refractivity contribution is -0.125. The van der Waals surface area contributed by atoms with Gasteiger partial charge in [-0.25, -0.2) is 8.42 Å². The second-order valence-electron chi connectivity index (χ2n) is 8.41. The van der Waals surface area contributed by atoms with Gasteiger partial charge in [0.25, 0.3) is 15.9 Å². The first-order valence-corrected chi connectivity index (χ1v) is 12.4. The number of anilines is 1. The number of nitrogens with zero attached hydrogens (tertiary/aromatic N) is 1. The van der Waals surface area contributed by atoms with Crippen LogP contribution in [0.3, 0.4) is 0 Å². The van der Waals surface area contributed by atoms with Crippen LogP contribution in [-0.2, 0) is 14.8 Å². The highest BCUT2D eigenvalue weighted by atomic mass is 32.2. The number of benzene rings is 2. The zero-order valence-corrected chi connectivity index (χ0v) is 19.8. The van der Waals surface area contributed by atoms with E-state index in [0.717, 1.165) is 24.0 Å². The van der Waals surface area contributed by atoms with E-state index < -0.39 is 16.1 Å². The van der Waals surface area contributed by atoms with Gasteiger partial charge in [0.15, 0.2) is 0 Å². The zero-order valence-electron chi connectivity index (χ0n) is 19.0. The fourth-order valence-corrected chi connectivity index (χ4v) is 4.83. The van der Waals surface area contributed by atoms with Gasteiger partial charge in [-0.1, -0.05) is 19.1 Å². The Morgan fingerprint density at radius 2 is 1.88 bits per heavy atom. The summed E-state index contributed by atoms with van der Waals surface area (Å²) in [5, 5.41) is 2.95. The topological polar surface area (TPSA) is 95.6 Å². The molecule has 0 unspecified atom stereocenters. The van der Waals surface area contributed by atoms with E-state index in [9.17, 15) is 18.0 Å². The number of carbonyl (C=O) groups excluding carboxylic acids is 2. The lowest BCUT2D eigenvalue weighted by Crippen LogP contribution is -2.48. The Bertz CT molecular complexity index is 1110. The van der Waals surface area contributed by atoms with Crippen LogP contribution in [0.1, 0.15) is 54.6 Å². The quantitative estimate of drug-likeness (QED) is 0.664. The van der Waals surface area contributed by atoms with Crippen LogP contribution in [0.4, 0.5) is 5.69 Å². The molecule has 2 amide bonds. The number of nitrogens with one attached hydrogen (secondary N) is 2. The molecule has 2 aromatic rings. The van der Waals surface area contributed by atoms with Gasteiger partial charge >= 0.3 is 0 Å². The summed E-state index contributed by atoms with van der Waals surface area (Å²) in [6, 6.07) is 10.9. The van der Waals surface area contributed by atoms with E-state index in [-0.39, 0.29) is 22.8 Å². The first kappa shape index (κ1) is 23.8. The number of hydrogen-bond acceptors (Lipinski definition) is 4. The average Bonchev–Trinajstić information content (AvgIpc) is 3.25. The molecule has 0 aliphatic carbocycles. The fourth-order valence-electron chi connectivity index (χ4n) is 3.70. The van der Waals surface area contributed by atoms with Crippen molar-refractivity contribution in [3.63, 3.8) is 0 Å². The predicted octanol–water partition coefficient (Wildman–Crippen LogP) is 3.62. The second kappa shape index (κ2) is 9.73. The third-order valence-electron chi connectivity index (χ3n) is 5.97. The van der Waals surface area contributed by atoms with Crippen LogP contribution in [0, 0.1) is 13.8 Å². The smallest absolute Gasteiger partial charge is 0.261 e. The molecule has 0 saturated carbocycles. The molecular formula is C24H31N3O4S.